The lowest BCUT2D eigenvalue weighted by atomic mass is 10.2. The lowest BCUT2D eigenvalue weighted by molar-refractivity contribution is -0.140. The molecule has 17 nitrogen and oxygen atoms in total. The number of hydrogen-bond acceptors (Lipinski definition) is 14. The fourth-order valence-corrected chi connectivity index (χ4v) is 5.04. The van der Waals surface area contributed by atoms with Crippen molar-refractivity contribution < 1.29 is 44.2 Å². The van der Waals surface area contributed by atoms with Gasteiger partial charge in [-0.2, -0.15) is 27.7 Å². The second kappa shape index (κ2) is 14.6. The first-order valence-corrected chi connectivity index (χ1v) is 15.2. The van der Waals surface area contributed by atoms with Gasteiger partial charge in [0.05, 0.1) is 37.9 Å². The van der Waals surface area contributed by atoms with E-state index in [9.17, 15) is 30.0 Å². The Morgan fingerprint density at radius 3 is 2.02 bits per heavy atom. The predicted molar refractivity (Wildman–Crippen MR) is 155 cm³/mol. The molecule has 0 atom stereocenters. The monoisotopic (exact) mass is 686 g/mol. The van der Waals surface area contributed by atoms with Crippen molar-refractivity contribution in [3.63, 3.8) is 0 Å². The van der Waals surface area contributed by atoms with Crippen LogP contribution in [-0.4, -0.2) is 72.7 Å². The van der Waals surface area contributed by atoms with E-state index in [1.54, 1.807) is 18.5 Å². The standard InChI is InChI=1S/C14H13F3N6O5S.C6H8N2O2S.C4H4N2/c1-26-8-6-9(27-2)23-13(19-8)20-12(21-23)22-29(24,25)10-7(14(15,16)17)4-5-18-11(10)28-3;7-5-1-3-6(4-2-5)11(8,9)10;1-2-5-4-6-3-1/h4-6H,1-3H3,(H,21,22);1-4H,7H2,(H2,8,9,10);1-4H. The Balaban J connectivity index is 0.000000275. The Morgan fingerprint density at radius 2 is 1.54 bits per heavy atom. The molecule has 246 valence electrons. The van der Waals surface area contributed by atoms with Crippen LogP contribution in [0.15, 0.2) is 77.2 Å². The largest absolute Gasteiger partial charge is 0.481 e. The number of halogens is 3. The van der Waals surface area contributed by atoms with E-state index in [0.717, 1.165) is 17.8 Å². The van der Waals surface area contributed by atoms with E-state index in [4.69, 9.17) is 25.1 Å². The maximum Gasteiger partial charge on any atom is 0.418 e. The molecule has 0 amide bonds. The number of primary sulfonamides is 1. The number of pyridine rings is 1. The van der Waals surface area contributed by atoms with E-state index in [1.165, 1.54) is 50.9 Å². The molecule has 5 N–H and O–H groups in total. The fraction of sp³-hybridized carbons (Fsp3) is 0.167. The molecule has 0 fully saturated rings. The predicted octanol–water partition coefficient (Wildman–Crippen LogP) is 1.76. The first-order valence-electron chi connectivity index (χ1n) is 12.2. The lowest BCUT2D eigenvalue weighted by Gasteiger charge is -2.15. The number of sulfonamides is 2. The number of alkyl halides is 3. The molecule has 22 heteroatoms. The normalized spacial score (nSPS) is 11.4. The Labute approximate surface area is 259 Å². The van der Waals surface area contributed by atoms with Gasteiger partial charge in [0.25, 0.3) is 21.7 Å². The third-order valence-corrected chi connectivity index (χ3v) is 7.54. The summed E-state index contributed by atoms with van der Waals surface area (Å²) in [6, 6.07) is 9.35. The van der Waals surface area contributed by atoms with E-state index in [1.807, 2.05) is 4.72 Å². The molecule has 0 bridgehead atoms. The molecule has 46 heavy (non-hydrogen) atoms. The van der Waals surface area contributed by atoms with E-state index < -0.39 is 48.5 Å². The van der Waals surface area contributed by atoms with Gasteiger partial charge in [-0.1, -0.05) is 0 Å². The molecule has 0 saturated heterocycles. The zero-order valence-electron chi connectivity index (χ0n) is 23.9. The summed E-state index contributed by atoms with van der Waals surface area (Å²) in [5, 5.41) is 8.68. The van der Waals surface area contributed by atoms with Crippen LogP contribution in [-0.2, 0) is 26.2 Å². The Morgan fingerprint density at radius 1 is 0.891 bits per heavy atom. The summed E-state index contributed by atoms with van der Waals surface area (Å²) in [5.41, 5.74) is 4.39. The van der Waals surface area contributed by atoms with Gasteiger partial charge >= 0.3 is 6.18 Å². The summed E-state index contributed by atoms with van der Waals surface area (Å²) in [5.74, 6) is -1.21. The molecule has 0 aliphatic heterocycles. The van der Waals surface area contributed by atoms with Crippen molar-refractivity contribution >= 4 is 37.5 Å². The molecule has 4 heterocycles. The number of fused-ring (bicyclic) bond motifs is 1. The molecule has 4 aromatic heterocycles. The summed E-state index contributed by atoms with van der Waals surface area (Å²) >= 11 is 0. The van der Waals surface area contributed by atoms with Crippen molar-refractivity contribution in [2.45, 2.75) is 16.0 Å². The van der Waals surface area contributed by atoms with Crippen LogP contribution >= 0.6 is 0 Å². The zero-order valence-corrected chi connectivity index (χ0v) is 25.6. The van der Waals surface area contributed by atoms with Crippen LogP contribution in [0.25, 0.3) is 5.78 Å². The number of nitrogen functional groups attached to an aromatic ring is 1. The first-order chi connectivity index (χ1) is 21.6. The van der Waals surface area contributed by atoms with Gasteiger partial charge in [0.2, 0.25) is 27.7 Å². The van der Waals surface area contributed by atoms with Crippen LogP contribution in [0.3, 0.4) is 0 Å². The van der Waals surface area contributed by atoms with E-state index >= 15 is 0 Å². The van der Waals surface area contributed by atoms with Crippen molar-refractivity contribution in [3.05, 3.63) is 72.9 Å². The molecule has 0 unspecified atom stereocenters. The van der Waals surface area contributed by atoms with Gasteiger partial charge in [0.1, 0.15) is 6.33 Å². The minimum absolute atomic E-state index is 0.0756. The number of methoxy groups -OCH3 is 3. The summed E-state index contributed by atoms with van der Waals surface area (Å²) in [6.45, 7) is 0. The summed E-state index contributed by atoms with van der Waals surface area (Å²) in [7, 11) is -4.78. The van der Waals surface area contributed by atoms with Crippen LogP contribution < -0.4 is 29.8 Å². The van der Waals surface area contributed by atoms with Gasteiger partial charge in [-0.05, 0) is 36.4 Å². The van der Waals surface area contributed by atoms with Crippen molar-refractivity contribution in [2.24, 2.45) is 5.14 Å². The number of nitrogens with two attached hydrogens (primary N) is 2. The van der Waals surface area contributed by atoms with Crippen molar-refractivity contribution in [3.8, 4) is 17.6 Å². The molecule has 1 aromatic carbocycles. The smallest absolute Gasteiger partial charge is 0.418 e. The van der Waals surface area contributed by atoms with Crippen LogP contribution in [0.5, 0.6) is 17.6 Å². The fourth-order valence-electron chi connectivity index (χ4n) is 3.25. The Kier molecular flexibility index (Phi) is 11.2. The maximum atomic E-state index is 13.3. The molecule has 0 spiro atoms. The third kappa shape index (κ3) is 9.09. The number of nitrogens with zero attached hydrogens (tertiary/aromatic N) is 7. The molecular weight excluding hydrogens is 661 g/mol. The second-order valence-electron chi connectivity index (χ2n) is 8.31. The topological polar surface area (TPSA) is 242 Å². The quantitative estimate of drug-likeness (QED) is 0.207. The highest BCUT2D eigenvalue weighted by atomic mass is 32.2. The minimum atomic E-state index is -4.98. The number of ether oxygens (including phenoxy) is 3. The first kappa shape index (κ1) is 35.1. The molecule has 5 aromatic rings. The van der Waals surface area contributed by atoms with Crippen molar-refractivity contribution in [1.82, 2.24) is 34.5 Å². The van der Waals surface area contributed by atoms with Crippen LogP contribution in [0.2, 0.25) is 0 Å². The second-order valence-corrected chi connectivity index (χ2v) is 11.5. The van der Waals surface area contributed by atoms with Gasteiger partial charge in [0, 0.05) is 24.3 Å². The summed E-state index contributed by atoms with van der Waals surface area (Å²) < 4.78 is 104. The Bertz CT molecular complexity index is 1950. The van der Waals surface area contributed by atoms with Crippen molar-refractivity contribution in [2.75, 3.05) is 31.8 Å². The highest BCUT2D eigenvalue weighted by Gasteiger charge is 2.40. The van der Waals surface area contributed by atoms with Gasteiger partial charge in [-0.25, -0.2) is 41.6 Å². The zero-order chi connectivity index (χ0) is 34.1. The minimum Gasteiger partial charge on any atom is -0.481 e. The van der Waals surface area contributed by atoms with Gasteiger partial charge in [-0.15, -0.1) is 5.10 Å². The van der Waals surface area contributed by atoms with Crippen LogP contribution in [0, 0.1) is 0 Å². The van der Waals surface area contributed by atoms with Crippen LogP contribution in [0.1, 0.15) is 5.56 Å². The highest BCUT2D eigenvalue weighted by Crippen LogP contribution is 2.38. The van der Waals surface area contributed by atoms with Crippen LogP contribution in [0.4, 0.5) is 24.8 Å². The number of aromatic nitrogens is 7. The van der Waals surface area contributed by atoms with E-state index in [0.29, 0.717) is 11.8 Å². The van der Waals surface area contributed by atoms with Gasteiger partial charge in [-0.3, -0.25) is 0 Å². The average molecular weight is 687 g/mol. The number of hydrogen-bond donors (Lipinski definition) is 3. The Hall–Kier alpha value is -5.35. The lowest BCUT2D eigenvalue weighted by Crippen LogP contribution is -2.21. The molecular formula is C24H25F3N10O7S2. The number of benzene rings is 1. The number of anilines is 2. The third-order valence-electron chi connectivity index (χ3n) is 5.23. The number of rotatable bonds is 7. The van der Waals surface area contributed by atoms with Gasteiger partial charge < -0.3 is 19.9 Å². The molecule has 0 aliphatic rings. The summed E-state index contributed by atoms with van der Waals surface area (Å²) in [6.07, 6.45) is 0.676. The highest BCUT2D eigenvalue weighted by molar-refractivity contribution is 7.92. The van der Waals surface area contributed by atoms with Crippen molar-refractivity contribution in [1.29, 1.82) is 0 Å². The van der Waals surface area contributed by atoms with E-state index in [-0.39, 0.29) is 22.4 Å². The molecule has 0 aliphatic carbocycles. The molecule has 0 saturated carbocycles. The summed E-state index contributed by atoms with van der Waals surface area (Å²) in [4.78, 5) is 17.5. The maximum absolute atomic E-state index is 13.3. The molecule has 0 radical (unpaired) electrons. The molecule has 5 rings (SSSR count). The van der Waals surface area contributed by atoms with Gasteiger partial charge in [0.15, 0.2) is 4.90 Å². The SMILES string of the molecule is COc1cc(OC)n2nc(NS(=O)(=O)c3c(C(F)(F)F)ccnc3OC)nc2n1.Nc1ccc(S(N)(=O)=O)cc1.c1cncnc1. The number of nitrogens with one attached hydrogen (secondary N) is 1. The average Bonchev–Trinajstić information content (AvgIpc) is 3.42. The van der Waals surface area contributed by atoms with E-state index in [2.05, 4.69) is 30.0 Å².